The molecule has 0 aliphatic carbocycles. The van der Waals surface area contributed by atoms with Crippen LogP contribution in [0.1, 0.15) is 19.0 Å². The molecule has 1 atom stereocenters. The highest BCUT2D eigenvalue weighted by molar-refractivity contribution is 7.15. The topological polar surface area (TPSA) is 66.2 Å². The lowest BCUT2D eigenvalue weighted by atomic mass is 10.2. The summed E-state index contributed by atoms with van der Waals surface area (Å²) in [6.45, 7) is 5.39. The van der Waals surface area contributed by atoms with Gasteiger partial charge in [-0.1, -0.05) is 12.1 Å². The van der Waals surface area contributed by atoms with Gasteiger partial charge in [0.05, 0.1) is 25.0 Å². The van der Waals surface area contributed by atoms with Crippen molar-refractivity contribution in [1.82, 2.24) is 20.0 Å². The van der Waals surface area contributed by atoms with Crippen molar-refractivity contribution in [3.8, 4) is 5.75 Å². The molecule has 0 bridgehead atoms. The molecule has 1 unspecified atom stereocenters. The third kappa shape index (κ3) is 4.06. The van der Waals surface area contributed by atoms with Gasteiger partial charge in [0.15, 0.2) is 10.9 Å². The summed E-state index contributed by atoms with van der Waals surface area (Å²) in [6.07, 6.45) is 5.12. The molecule has 0 radical (unpaired) electrons. The molecule has 3 aromatic rings. The van der Waals surface area contributed by atoms with Crippen molar-refractivity contribution < 1.29 is 4.74 Å². The molecule has 3 heterocycles. The van der Waals surface area contributed by atoms with Gasteiger partial charge in [-0.05, 0) is 25.5 Å². The summed E-state index contributed by atoms with van der Waals surface area (Å²) in [5.41, 5.74) is 2.13. The molecule has 7 nitrogen and oxygen atoms in total. The Morgan fingerprint density at radius 3 is 3.11 bits per heavy atom. The number of imidazole rings is 1. The Labute approximate surface area is 169 Å². The lowest BCUT2D eigenvalue weighted by Crippen LogP contribution is -2.44. The minimum Gasteiger partial charge on any atom is -0.495 e. The van der Waals surface area contributed by atoms with Gasteiger partial charge < -0.3 is 20.3 Å². The third-order valence-electron chi connectivity index (χ3n) is 4.84. The number of fused-ring (bicyclic) bond motifs is 1. The Bertz CT molecular complexity index is 920. The molecule has 2 N–H and O–H groups in total. The molecule has 1 aliphatic rings. The van der Waals surface area contributed by atoms with Gasteiger partial charge in [-0.15, -0.1) is 11.3 Å². The monoisotopic (exact) mass is 398 g/mol. The first-order valence-electron chi connectivity index (χ1n) is 9.60. The van der Waals surface area contributed by atoms with E-state index in [0.717, 1.165) is 54.1 Å². The zero-order valence-electron chi connectivity index (χ0n) is 16.3. The highest BCUT2D eigenvalue weighted by Crippen LogP contribution is 2.30. The fourth-order valence-electron chi connectivity index (χ4n) is 3.51. The second-order valence-electron chi connectivity index (χ2n) is 6.77. The Kier molecular flexibility index (Phi) is 5.66. The van der Waals surface area contributed by atoms with Crippen LogP contribution in [0.25, 0.3) is 4.96 Å². The van der Waals surface area contributed by atoms with E-state index in [2.05, 4.69) is 39.6 Å². The van der Waals surface area contributed by atoms with Crippen molar-refractivity contribution in [2.75, 3.05) is 31.6 Å². The van der Waals surface area contributed by atoms with Crippen LogP contribution in [0.15, 0.2) is 47.0 Å². The highest BCUT2D eigenvalue weighted by atomic mass is 32.1. The fraction of sp³-hybridized carbons (Fsp3) is 0.400. The molecule has 148 valence electrons. The lowest BCUT2D eigenvalue weighted by Gasteiger charge is -2.22. The van der Waals surface area contributed by atoms with E-state index in [1.165, 1.54) is 0 Å². The molecule has 2 aromatic heterocycles. The van der Waals surface area contributed by atoms with E-state index >= 15 is 0 Å². The highest BCUT2D eigenvalue weighted by Gasteiger charge is 2.25. The Morgan fingerprint density at radius 1 is 1.39 bits per heavy atom. The predicted octanol–water partition coefficient (Wildman–Crippen LogP) is 2.74. The Morgan fingerprint density at radius 2 is 2.29 bits per heavy atom. The molecule has 1 saturated heterocycles. The first-order chi connectivity index (χ1) is 13.8. The largest absolute Gasteiger partial charge is 0.495 e. The van der Waals surface area contributed by atoms with Crippen LogP contribution in [0.4, 0.5) is 5.69 Å². The molecule has 1 aliphatic heterocycles. The number of aliphatic imine (C=N–C) groups is 1. The molecular formula is C20H26N6OS. The zero-order valence-corrected chi connectivity index (χ0v) is 17.1. The quantitative estimate of drug-likeness (QED) is 0.494. The van der Waals surface area contributed by atoms with Gasteiger partial charge in [0.2, 0.25) is 0 Å². The van der Waals surface area contributed by atoms with Gasteiger partial charge in [-0.2, -0.15) is 0 Å². The van der Waals surface area contributed by atoms with E-state index in [-0.39, 0.29) is 0 Å². The number of hydrogen-bond acceptors (Lipinski definition) is 5. The van der Waals surface area contributed by atoms with E-state index < -0.39 is 0 Å². The van der Waals surface area contributed by atoms with Gasteiger partial charge in [-0.25, -0.2) is 9.98 Å². The normalized spacial score (nSPS) is 17.3. The van der Waals surface area contributed by atoms with E-state index in [4.69, 9.17) is 9.73 Å². The summed E-state index contributed by atoms with van der Waals surface area (Å²) in [5, 5.41) is 8.96. The summed E-state index contributed by atoms with van der Waals surface area (Å²) in [4.78, 5) is 12.7. The van der Waals surface area contributed by atoms with E-state index in [1.54, 1.807) is 18.4 Å². The van der Waals surface area contributed by atoms with Crippen LogP contribution in [0.2, 0.25) is 0 Å². The number of nitrogens with zero attached hydrogens (tertiary/aromatic N) is 4. The summed E-state index contributed by atoms with van der Waals surface area (Å²) in [7, 11) is 1.72. The summed E-state index contributed by atoms with van der Waals surface area (Å²) in [5.74, 6) is 1.76. The van der Waals surface area contributed by atoms with Crippen molar-refractivity contribution in [2.24, 2.45) is 4.99 Å². The molecule has 1 fully saturated rings. The number of para-hydroxylation sites is 2. The maximum Gasteiger partial charge on any atom is 0.193 e. The number of guanidine groups is 1. The number of hydrogen-bond donors (Lipinski definition) is 2. The van der Waals surface area contributed by atoms with Crippen molar-refractivity contribution in [3.63, 3.8) is 0 Å². The van der Waals surface area contributed by atoms with Crippen molar-refractivity contribution in [2.45, 2.75) is 25.9 Å². The number of nitrogens with one attached hydrogen (secondary N) is 2. The van der Waals surface area contributed by atoms with Crippen LogP contribution in [0.5, 0.6) is 5.75 Å². The molecule has 1 aromatic carbocycles. The molecule has 0 amide bonds. The summed E-state index contributed by atoms with van der Waals surface area (Å²) in [6, 6.07) is 8.53. The number of anilines is 1. The molecule has 28 heavy (non-hydrogen) atoms. The Balaban J connectivity index is 1.40. The number of ether oxygens (including phenoxy) is 1. The molecule has 0 saturated carbocycles. The fourth-order valence-corrected chi connectivity index (χ4v) is 4.23. The van der Waals surface area contributed by atoms with Crippen LogP contribution < -0.4 is 20.3 Å². The number of benzene rings is 1. The van der Waals surface area contributed by atoms with Gasteiger partial charge >= 0.3 is 0 Å². The zero-order chi connectivity index (χ0) is 19.3. The van der Waals surface area contributed by atoms with Gasteiger partial charge in [0, 0.05) is 43.4 Å². The maximum absolute atomic E-state index is 5.51. The summed E-state index contributed by atoms with van der Waals surface area (Å²) < 4.78 is 7.55. The minimum absolute atomic E-state index is 0.341. The first kappa shape index (κ1) is 18.6. The van der Waals surface area contributed by atoms with E-state index in [1.807, 2.05) is 34.3 Å². The maximum atomic E-state index is 5.51. The van der Waals surface area contributed by atoms with E-state index in [0.29, 0.717) is 12.6 Å². The van der Waals surface area contributed by atoms with Crippen molar-refractivity contribution in [3.05, 3.63) is 47.7 Å². The predicted molar refractivity (Wildman–Crippen MR) is 115 cm³/mol. The van der Waals surface area contributed by atoms with Crippen LogP contribution in [0.3, 0.4) is 0 Å². The van der Waals surface area contributed by atoms with Gasteiger partial charge in [0.25, 0.3) is 0 Å². The standard InChI is InChI=1S/C20H26N6OS/c1-3-21-19(22-12-16-14-26-10-11-28-20(26)24-16)23-15-8-9-25(13-15)17-6-4-5-7-18(17)27-2/h4-7,10-11,14-15H,3,8-9,12-13H2,1-2H3,(H2,21,22,23). The average molecular weight is 399 g/mol. The van der Waals surface area contributed by atoms with Crippen LogP contribution in [-0.2, 0) is 6.54 Å². The van der Waals surface area contributed by atoms with Crippen molar-refractivity contribution >= 4 is 27.9 Å². The van der Waals surface area contributed by atoms with E-state index in [9.17, 15) is 0 Å². The Hall–Kier alpha value is -2.74. The van der Waals surface area contributed by atoms with Crippen LogP contribution in [0, 0.1) is 0 Å². The van der Waals surface area contributed by atoms with Gasteiger partial charge in [0.1, 0.15) is 5.75 Å². The second kappa shape index (κ2) is 8.52. The molecule has 8 heteroatoms. The lowest BCUT2D eigenvalue weighted by molar-refractivity contribution is 0.415. The number of rotatable bonds is 6. The second-order valence-corrected chi connectivity index (χ2v) is 7.64. The molecular weight excluding hydrogens is 372 g/mol. The number of methoxy groups -OCH3 is 1. The smallest absolute Gasteiger partial charge is 0.193 e. The minimum atomic E-state index is 0.341. The van der Waals surface area contributed by atoms with Gasteiger partial charge in [-0.3, -0.25) is 4.40 Å². The SMILES string of the molecule is CCNC(=NCc1cn2ccsc2n1)NC1CCN(c2ccccc2OC)C1. The summed E-state index contributed by atoms with van der Waals surface area (Å²) >= 11 is 1.64. The van der Waals surface area contributed by atoms with Crippen LogP contribution in [-0.4, -0.2) is 48.1 Å². The molecule has 0 spiro atoms. The first-order valence-corrected chi connectivity index (χ1v) is 10.5. The van der Waals surface area contributed by atoms with Crippen molar-refractivity contribution in [1.29, 1.82) is 0 Å². The molecule has 4 rings (SSSR count). The van der Waals surface area contributed by atoms with Crippen LogP contribution >= 0.6 is 11.3 Å². The third-order valence-corrected chi connectivity index (χ3v) is 5.61. The number of aromatic nitrogens is 2. The average Bonchev–Trinajstić information content (AvgIpc) is 3.42. The number of thiazole rings is 1.